The van der Waals surface area contributed by atoms with Gasteiger partial charge in [-0.15, -0.1) is 0 Å². The van der Waals surface area contributed by atoms with Gasteiger partial charge in [0.25, 0.3) is 0 Å². The van der Waals surface area contributed by atoms with Crippen LogP contribution in [0.3, 0.4) is 0 Å². The maximum atomic E-state index is 11.9. The molecule has 5 heteroatoms. The summed E-state index contributed by atoms with van der Waals surface area (Å²) in [6, 6.07) is 6.07. The maximum Gasteiger partial charge on any atom is 0.320 e. The summed E-state index contributed by atoms with van der Waals surface area (Å²) < 4.78 is 0. The zero-order valence-corrected chi connectivity index (χ0v) is 12.5. The predicted molar refractivity (Wildman–Crippen MR) is 79.3 cm³/mol. The Bertz CT molecular complexity index is 459. The van der Waals surface area contributed by atoms with Crippen LogP contribution >= 0.6 is 11.6 Å². The number of nitrogens with one attached hydrogen (secondary N) is 1. The molecule has 1 aromatic carbocycles. The van der Waals surface area contributed by atoms with E-state index in [1.165, 1.54) is 0 Å². The highest BCUT2D eigenvalue weighted by Gasteiger charge is 2.22. The van der Waals surface area contributed by atoms with Gasteiger partial charge in [0.1, 0.15) is 6.04 Å². The number of halogens is 1. The van der Waals surface area contributed by atoms with Gasteiger partial charge in [0, 0.05) is 23.6 Å². The molecule has 110 valence electrons. The highest BCUT2D eigenvalue weighted by Crippen LogP contribution is 2.11. The Labute approximate surface area is 124 Å². The lowest BCUT2D eigenvalue weighted by Gasteiger charge is -2.19. The molecule has 4 nitrogen and oxygen atoms in total. The number of aliphatic carboxylic acids is 1. The van der Waals surface area contributed by atoms with Gasteiger partial charge in [0.15, 0.2) is 5.78 Å². The van der Waals surface area contributed by atoms with Crippen LogP contribution in [0.2, 0.25) is 5.02 Å². The third kappa shape index (κ3) is 4.94. The Hall–Kier alpha value is -1.39. The van der Waals surface area contributed by atoms with Crippen molar-refractivity contribution in [2.45, 2.75) is 32.7 Å². The van der Waals surface area contributed by atoms with Crippen LogP contribution in [0.5, 0.6) is 0 Å². The number of benzene rings is 1. The van der Waals surface area contributed by atoms with E-state index in [4.69, 9.17) is 16.7 Å². The van der Waals surface area contributed by atoms with E-state index in [1.807, 2.05) is 13.8 Å². The summed E-state index contributed by atoms with van der Waals surface area (Å²) >= 11 is 5.76. The molecule has 0 radical (unpaired) electrons. The van der Waals surface area contributed by atoms with Gasteiger partial charge in [-0.25, -0.2) is 0 Å². The van der Waals surface area contributed by atoms with Crippen molar-refractivity contribution in [2.75, 3.05) is 6.54 Å². The zero-order valence-electron chi connectivity index (χ0n) is 11.7. The van der Waals surface area contributed by atoms with Crippen molar-refractivity contribution in [1.29, 1.82) is 0 Å². The minimum atomic E-state index is -0.877. The van der Waals surface area contributed by atoms with Crippen LogP contribution in [0.15, 0.2) is 24.3 Å². The molecule has 0 aliphatic rings. The summed E-state index contributed by atoms with van der Waals surface area (Å²) in [7, 11) is 0. The SMILES string of the molecule is CC[C@H](C)[C@@H](NCCC(=O)c1ccc(Cl)cc1)C(=O)O. The largest absolute Gasteiger partial charge is 0.480 e. The Kier molecular flexibility index (Phi) is 6.68. The van der Waals surface area contributed by atoms with Crippen molar-refractivity contribution < 1.29 is 14.7 Å². The van der Waals surface area contributed by atoms with Gasteiger partial charge in [-0.05, 0) is 30.2 Å². The summed E-state index contributed by atoms with van der Waals surface area (Å²) in [6.07, 6.45) is 1.04. The fraction of sp³-hybridized carbons (Fsp3) is 0.467. The van der Waals surface area contributed by atoms with E-state index in [9.17, 15) is 9.59 Å². The molecule has 0 aliphatic carbocycles. The van der Waals surface area contributed by atoms with Crippen LogP contribution in [-0.4, -0.2) is 29.4 Å². The molecule has 0 unspecified atom stereocenters. The lowest BCUT2D eigenvalue weighted by molar-refractivity contribution is -0.140. The first-order chi connectivity index (χ1) is 9.45. The molecule has 0 aliphatic heterocycles. The molecule has 2 N–H and O–H groups in total. The van der Waals surface area contributed by atoms with Crippen molar-refractivity contribution in [3.63, 3.8) is 0 Å². The van der Waals surface area contributed by atoms with E-state index in [0.717, 1.165) is 6.42 Å². The highest BCUT2D eigenvalue weighted by atomic mass is 35.5. The summed E-state index contributed by atoms with van der Waals surface area (Å²) in [5, 5.41) is 12.6. The monoisotopic (exact) mass is 297 g/mol. The highest BCUT2D eigenvalue weighted by molar-refractivity contribution is 6.30. The van der Waals surface area contributed by atoms with Gasteiger partial charge in [0.2, 0.25) is 0 Å². The first-order valence-corrected chi connectivity index (χ1v) is 7.08. The number of carbonyl (C=O) groups is 2. The molecule has 20 heavy (non-hydrogen) atoms. The molecule has 0 bridgehead atoms. The minimum absolute atomic E-state index is 0.0255. The summed E-state index contributed by atoms with van der Waals surface area (Å²) in [5.74, 6) is -0.876. The van der Waals surface area contributed by atoms with Crippen LogP contribution in [0.1, 0.15) is 37.0 Å². The molecule has 0 saturated heterocycles. The van der Waals surface area contributed by atoms with Crippen LogP contribution in [0.25, 0.3) is 0 Å². The van der Waals surface area contributed by atoms with Gasteiger partial charge >= 0.3 is 5.97 Å². The molecule has 1 rings (SSSR count). The number of hydrogen-bond acceptors (Lipinski definition) is 3. The average Bonchev–Trinajstić information content (AvgIpc) is 2.43. The number of carbonyl (C=O) groups excluding carboxylic acids is 1. The molecule has 1 aromatic rings. The smallest absolute Gasteiger partial charge is 0.320 e. The molecular formula is C15H20ClNO3. The number of ketones is 1. The molecule has 2 atom stereocenters. The molecule has 0 spiro atoms. The Balaban J connectivity index is 2.48. The van der Waals surface area contributed by atoms with Crippen molar-refractivity contribution in [1.82, 2.24) is 5.32 Å². The second kappa shape index (κ2) is 8.02. The number of carboxylic acid groups (broad SMARTS) is 1. The standard InChI is InChI=1S/C15H20ClNO3/c1-3-10(2)14(15(19)20)17-9-8-13(18)11-4-6-12(16)7-5-11/h4-7,10,14,17H,3,8-9H2,1-2H3,(H,19,20)/t10-,14+/m0/s1. The second-order valence-corrected chi connectivity index (χ2v) is 5.27. The molecule has 0 saturated carbocycles. The van der Waals surface area contributed by atoms with Crippen molar-refractivity contribution >= 4 is 23.4 Å². The van der Waals surface area contributed by atoms with Gasteiger partial charge < -0.3 is 10.4 Å². The summed E-state index contributed by atoms with van der Waals surface area (Å²) in [4.78, 5) is 23.0. The van der Waals surface area contributed by atoms with Crippen LogP contribution in [0.4, 0.5) is 0 Å². The summed E-state index contributed by atoms with van der Waals surface area (Å²) in [6.45, 7) is 4.18. The fourth-order valence-electron chi connectivity index (χ4n) is 1.89. The average molecular weight is 298 g/mol. The number of carboxylic acids is 1. The number of Topliss-reactive ketones (excluding diaryl/α,β-unsaturated/α-hetero) is 1. The van der Waals surface area contributed by atoms with E-state index < -0.39 is 12.0 Å². The molecule has 0 heterocycles. The predicted octanol–water partition coefficient (Wildman–Crippen LogP) is 3.00. The van der Waals surface area contributed by atoms with Crippen LogP contribution < -0.4 is 5.32 Å². The normalized spacial score (nSPS) is 13.8. The fourth-order valence-corrected chi connectivity index (χ4v) is 2.01. The first-order valence-electron chi connectivity index (χ1n) is 6.70. The second-order valence-electron chi connectivity index (χ2n) is 4.84. The van der Waals surface area contributed by atoms with E-state index in [1.54, 1.807) is 24.3 Å². The van der Waals surface area contributed by atoms with Gasteiger partial charge in [-0.2, -0.15) is 0 Å². The van der Waals surface area contributed by atoms with E-state index >= 15 is 0 Å². The van der Waals surface area contributed by atoms with Crippen LogP contribution in [-0.2, 0) is 4.79 Å². The van der Waals surface area contributed by atoms with Gasteiger partial charge in [-0.3, -0.25) is 9.59 Å². The quantitative estimate of drug-likeness (QED) is 0.724. The lowest BCUT2D eigenvalue weighted by Crippen LogP contribution is -2.42. The summed E-state index contributed by atoms with van der Waals surface area (Å²) in [5.41, 5.74) is 0.589. The molecule has 0 aromatic heterocycles. The van der Waals surface area contributed by atoms with Crippen molar-refractivity contribution in [2.24, 2.45) is 5.92 Å². The Morgan fingerprint density at radius 3 is 2.40 bits per heavy atom. The third-order valence-corrected chi connectivity index (χ3v) is 3.61. The number of hydrogen-bond donors (Lipinski definition) is 2. The topological polar surface area (TPSA) is 66.4 Å². The van der Waals surface area contributed by atoms with Gasteiger partial charge in [-0.1, -0.05) is 31.9 Å². The maximum absolute atomic E-state index is 11.9. The molecule has 0 fully saturated rings. The Morgan fingerprint density at radius 2 is 1.90 bits per heavy atom. The third-order valence-electron chi connectivity index (χ3n) is 3.36. The van der Waals surface area contributed by atoms with E-state index in [2.05, 4.69) is 5.32 Å². The molecular weight excluding hydrogens is 278 g/mol. The van der Waals surface area contributed by atoms with Crippen LogP contribution in [0, 0.1) is 5.92 Å². The van der Waals surface area contributed by atoms with E-state index in [-0.39, 0.29) is 18.1 Å². The van der Waals surface area contributed by atoms with Crippen molar-refractivity contribution in [3.8, 4) is 0 Å². The minimum Gasteiger partial charge on any atom is -0.480 e. The lowest BCUT2D eigenvalue weighted by atomic mass is 9.99. The first kappa shape index (κ1) is 16.7. The number of rotatable bonds is 8. The van der Waals surface area contributed by atoms with Gasteiger partial charge in [0.05, 0.1) is 0 Å². The molecule has 0 amide bonds. The van der Waals surface area contributed by atoms with Crippen molar-refractivity contribution in [3.05, 3.63) is 34.9 Å². The Morgan fingerprint density at radius 1 is 1.30 bits per heavy atom. The van der Waals surface area contributed by atoms with E-state index in [0.29, 0.717) is 17.1 Å². The zero-order chi connectivity index (χ0) is 15.1.